The van der Waals surface area contributed by atoms with E-state index < -0.39 is 18.3 Å². The Morgan fingerprint density at radius 1 is 1.29 bits per heavy atom. The predicted octanol–water partition coefficient (Wildman–Crippen LogP) is 2.47. The molecule has 2 unspecified atom stereocenters. The Hall–Kier alpha value is -1.96. The molecule has 1 aromatic heterocycles. The summed E-state index contributed by atoms with van der Waals surface area (Å²) >= 11 is 1.36. The van der Waals surface area contributed by atoms with Gasteiger partial charge in [0, 0.05) is 6.54 Å². The van der Waals surface area contributed by atoms with E-state index in [1.807, 2.05) is 37.3 Å². The van der Waals surface area contributed by atoms with Crippen LogP contribution in [0.1, 0.15) is 33.7 Å². The minimum absolute atomic E-state index is 0.192. The number of rotatable bonds is 7. The highest BCUT2D eigenvalue weighted by molar-refractivity contribution is 7.11. The molecule has 0 aliphatic heterocycles. The Labute approximate surface area is 145 Å². The van der Waals surface area contributed by atoms with Crippen molar-refractivity contribution in [1.82, 2.24) is 10.3 Å². The Morgan fingerprint density at radius 3 is 2.62 bits per heavy atom. The van der Waals surface area contributed by atoms with E-state index in [9.17, 15) is 15.0 Å². The van der Waals surface area contributed by atoms with Crippen LogP contribution in [0.25, 0.3) is 0 Å². The molecule has 2 atom stereocenters. The molecule has 0 radical (unpaired) electrons. The average molecular weight is 350 g/mol. The minimum atomic E-state index is -1.00. The van der Waals surface area contributed by atoms with Gasteiger partial charge in [-0.25, -0.2) is 9.78 Å². The summed E-state index contributed by atoms with van der Waals surface area (Å²) in [6.07, 6.45) is -2.31. The molecule has 3 N–H and O–H groups in total. The number of aromatic nitrogens is 1. The molecule has 130 valence electrons. The molecular weight excluding hydrogens is 328 g/mol. The monoisotopic (exact) mass is 350 g/mol. The summed E-state index contributed by atoms with van der Waals surface area (Å²) in [6.45, 7) is 4.05. The molecular formula is C17H22N2O4S. The van der Waals surface area contributed by atoms with Crippen LogP contribution < -0.4 is 5.32 Å². The topological polar surface area (TPSA) is 91.7 Å². The first-order valence-electron chi connectivity index (χ1n) is 7.72. The summed E-state index contributed by atoms with van der Waals surface area (Å²) < 4.78 is 5.08. The standard InChI is InChI=1S/C17H22N2O4S/c1-11-16(24-12(2)19-11)15(21)14(20)8-9-18-17(22)23-10-13-6-4-3-5-7-13/h3-7,14-15,20-21H,8-10H2,1-2H3,(H,18,22). The van der Waals surface area contributed by atoms with Crippen molar-refractivity contribution in [2.24, 2.45) is 0 Å². The van der Waals surface area contributed by atoms with Crippen molar-refractivity contribution in [3.63, 3.8) is 0 Å². The maximum Gasteiger partial charge on any atom is 0.407 e. The van der Waals surface area contributed by atoms with Gasteiger partial charge in [-0.3, -0.25) is 0 Å². The molecule has 0 fully saturated rings. The largest absolute Gasteiger partial charge is 0.445 e. The molecule has 1 heterocycles. The first-order chi connectivity index (χ1) is 11.5. The van der Waals surface area contributed by atoms with Gasteiger partial charge in [0.05, 0.1) is 21.7 Å². The van der Waals surface area contributed by atoms with Crippen molar-refractivity contribution in [3.05, 3.63) is 51.5 Å². The summed E-state index contributed by atoms with van der Waals surface area (Å²) in [7, 11) is 0. The average Bonchev–Trinajstić information content (AvgIpc) is 2.91. The third-order valence-electron chi connectivity index (χ3n) is 3.49. The number of benzene rings is 1. The van der Waals surface area contributed by atoms with Crippen LogP contribution in [0, 0.1) is 13.8 Å². The van der Waals surface area contributed by atoms with E-state index in [0.717, 1.165) is 16.3 Å². The molecule has 24 heavy (non-hydrogen) atoms. The Bertz CT molecular complexity index is 660. The number of thiazole rings is 1. The lowest BCUT2D eigenvalue weighted by molar-refractivity contribution is 0.0153. The van der Waals surface area contributed by atoms with Gasteiger partial charge in [0.1, 0.15) is 12.7 Å². The molecule has 1 aromatic carbocycles. The zero-order valence-electron chi connectivity index (χ0n) is 13.7. The van der Waals surface area contributed by atoms with Gasteiger partial charge in [0.25, 0.3) is 0 Å². The molecule has 7 heteroatoms. The number of aliphatic hydroxyl groups is 2. The molecule has 2 rings (SSSR count). The van der Waals surface area contributed by atoms with Crippen molar-refractivity contribution >= 4 is 17.4 Å². The van der Waals surface area contributed by atoms with Gasteiger partial charge in [-0.05, 0) is 25.8 Å². The fraction of sp³-hybridized carbons (Fsp3) is 0.412. The third kappa shape index (κ3) is 5.30. The number of nitrogens with one attached hydrogen (secondary N) is 1. The van der Waals surface area contributed by atoms with Crippen molar-refractivity contribution in [1.29, 1.82) is 0 Å². The Morgan fingerprint density at radius 2 is 2.00 bits per heavy atom. The van der Waals surface area contributed by atoms with Gasteiger partial charge in [0.2, 0.25) is 0 Å². The number of nitrogens with zero attached hydrogens (tertiary/aromatic N) is 1. The molecule has 0 aliphatic rings. The summed E-state index contributed by atoms with van der Waals surface area (Å²) in [6, 6.07) is 9.37. The van der Waals surface area contributed by atoms with Gasteiger partial charge in [0.15, 0.2) is 0 Å². The zero-order valence-corrected chi connectivity index (χ0v) is 14.5. The van der Waals surface area contributed by atoms with E-state index in [0.29, 0.717) is 4.88 Å². The van der Waals surface area contributed by atoms with Crippen LogP contribution in [0.4, 0.5) is 4.79 Å². The van der Waals surface area contributed by atoms with E-state index in [1.165, 1.54) is 11.3 Å². The lowest BCUT2D eigenvalue weighted by Crippen LogP contribution is -2.29. The molecule has 0 aliphatic carbocycles. The maximum atomic E-state index is 11.6. The molecule has 0 saturated carbocycles. The highest BCUT2D eigenvalue weighted by Crippen LogP contribution is 2.27. The number of amides is 1. The molecule has 2 aromatic rings. The lowest BCUT2D eigenvalue weighted by atomic mass is 10.1. The van der Waals surface area contributed by atoms with Crippen LogP contribution in [0.3, 0.4) is 0 Å². The number of ether oxygens (including phenoxy) is 1. The van der Waals surface area contributed by atoms with Crippen molar-refractivity contribution < 1.29 is 19.7 Å². The van der Waals surface area contributed by atoms with Gasteiger partial charge >= 0.3 is 6.09 Å². The fourth-order valence-electron chi connectivity index (χ4n) is 2.25. The van der Waals surface area contributed by atoms with Crippen LogP contribution in [-0.4, -0.2) is 33.9 Å². The van der Waals surface area contributed by atoms with Gasteiger partial charge in [-0.2, -0.15) is 0 Å². The highest BCUT2D eigenvalue weighted by Gasteiger charge is 2.22. The smallest absolute Gasteiger partial charge is 0.407 e. The van der Waals surface area contributed by atoms with E-state index in [4.69, 9.17) is 4.74 Å². The molecule has 1 amide bonds. The van der Waals surface area contributed by atoms with E-state index in [1.54, 1.807) is 6.92 Å². The van der Waals surface area contributed by atoms with Crippen LogP contribution in [-0.2, 0) is 11.3 Å². The summed E-state index contributed by atoms with van der Waals surface area (Å²) in [5, 5.41) is 23.6. The number of carbonyl (C=O) groups is 1. The normalized spacial score (nSPS) is 13.3. The summed E-state index contributed by atoms with van der Waals surface area (Å²) in [5.41, 5.74) is 1.62. The van der Waals surface area contributed by atoms with E-state index in [2.05, 4.69) is 10.3 Å². The van der Waals surface area contributed by atoms with Crippen LogP contribution in [0.5, 0.6) is 0 Å². The second-order valence-corrected chi connectivity index (χ2v) is 6.71. The Balaban J connectivity index is 1.71. The minimum Gasteiger partial charge on any atom is -0.445 e. The van der Waals surface area contributed by atoms with Crippen LogP contribution >= 0.6 is 11.3 Å². The molecule has 6 nitrogen and oxygen atoms in total. The van der Waals surface area contributed by atoms with Crippen molar-refractivity contribution in [3.8, 4) is 0 Å². The Kier molecular flexibility index (Phi) is 6.72. The van der Waals surface area contributed by atoms with Crippen LogP contribution in [0.15, 0.2) is 30.3 Å². The molecule has 0 bridgehead atoms. The second-order valence-electron chi connectivity index (χ2n) is 5.47. The van der Waals surface area contributed by atoms with E-state index >= 15 is 0 Å². The number of aliphatic hydroxyl groups excluding tert-OH is 2. The van der Waals surface area contributed by atoms with Gasteiger partial charge in [-0.1, -0.05) is 30.3 Å². The number of hydrogen-bond donors (Lipinski definition) is 3. The summed E-state index contributed by atoms with van der Waals surface area (Å²) in [5.74, 6) is 0. The predicted molar refractivity (Wildman–Crippen MR) is 91.8 cm³/mol. The van der Waals surface area contributed by atoms with Crippen molar-refractivity contribution in [2.45, 2.75) is 39.1 Å². The maximum absolute atomic E-state index is 11.6. The van der Waals surface area contributed by atoms with Gasteiger partial charge < -0.3 is 20.3 Å². The SMILES string of the molecule is Cc1nc(C)c(C(O)C(O)CCNC(=O)OCc2ccccc2)s1. The number of aryl methyl sites for hydroxylation is 2. The first kappa shape index (κ1) is 18.4. The molecule has 0 spiro atoms. The van der Waals surface area contributed by atoms with E-state index in [-0.39, 0.29) is 19.6 Å². The summed E-state index contributed by atoms with van der Waals surface area (Å²) in [4.78, 5) is 16.5. The molecule has 0 saturated heterocycles. The highest BCUT2D eigenvalue weighted by atomic mass is 32.1. The third-order valence-corrected chi connectivity index (χ3v) is 4.64. The lowest BCUT2D eigenvalue weighted by Gasteiger charge is -2.17. The first-order valence-corrected chi connectivity index (χ1v) is 8.53. The van der Waals surface area contributed by atoms with Gasteiger partial charge in [-0.15, -0.1) is 11.3 Å². The number of hydrogen-bond acceptors (Lipinski definition) is 6. The zero-order chi connectivity index (χ0) is 17.5. The second kappa shape index (κ2) is 8.77. The quantitative estimate of drug-likeness (QED) is 0.713. The van der Waals surface area contributed by atoms with Crippen LogP contribution in [0.2, 0.25) is 0 Å². The van der Waals surface area contributed by atoms with Crippen molar-refractivity contribution in [2.75, 3.05) is 6.54 Å². The number of carbonyl (C=O) groups excluding carboxylic acids is 1. The fourth-order valence-corrected chi connectivity index (χ4v) is 3.22. The number of alkyl carbamates (subject to hydrolysis) is 1.